The summed E-state index contributed by atoms with van der Waals surface area (Å²) in [6, 6.07) is 7.32. The molecule has 0 unspecified atom stereocenters. The van der Waals surface area contributed by atoms with E-state index in [-0.39, 0.29) is 18.3 Å². The monoisotopic (exact) mass is 386 g/mol. The Labute approximate surface area is 161 Å². The Balaban J connectivity index is 1.76. The number of nitrogen functional groups attached to an aromatic ring is 1. The quantitative estimate of drug-likeness (QED) is 0.417. The molecule has 0 saturated carbocycles. The second-order valence-electron chi connectivity index (χ2n) is 5.77. The number of ether oxygens (including phenoxy) is 3. The molecule has 0 saturated heterocycles. The Bertz CT molecular complexity index is 941. The average molecular weight is 386 g/mol. The highest BCUT2D eigenvalue weighted by atomic mass is 16.5. The van der Waals surface area contributed by atoms with Crippen molar-refractivity contribution in [3.63, 3.8) is 0 Å². The van der Waals surface area contributed by atoms with Crippen LogP contribution in [-0.4, -0.2) is 52.4 Å². The number of esters is 1. The zero-order valence-electron chi connectivity index (χ0n) is 15.7. The molecule has 10 heteroatoms. The maximum absolute atomic E-state index is 11.8. The lowest BCUT2D eigenvalue weighted by molar-refractivity contribution is -0.143. The first-order valence-corrected chi connectivity index (χ1v) is 8.73. The molecule has 3 rings (SSSR count). The number of aromatic nitrogens is 4. The fraction of sp³-hybridized carbons (Fsp3) is 0.333. The molecule has 0 aliphatic carbocycles. The molecule has 0 amide bonds. The fourth-order valence-electron chi connectivity index (χ4n) is 2.49. The van der Waals surface area contributed by atoms with Crippen molar-refractivity contribution in [2.75, 3.05) is 38.0 Å². The van der Waals surface area contributed by atoms with Gasteiger partial charge in [-0.25, -0.2) is 4.98 Å². The highest BCUT2D eigenvalue weighted by Gasteiger charge is 2.14. The topological polar surface area (TPSA) is 126 Å². The molecule has 3 N–H and O–H groups in total. The summed E-state index contributed by atoms with van der Waals surface area (Å²) in [6.45, 7) is 3.05. The Morgan fingerprint density at radius 2 is 2.00 bits per heavy atom. The number of rotatable bonds is 9. The number of nitrogens with one attached hydrogen (secondary N) is 1. The van der Waals surface area contributed by atoms with Crippen LogP contribution in [0.2, 0.25) is 0 Å². The number of hydrogen-bond acceptors (Lipinski definition) is 9. The first kappa shape index (κ1) is 19.4. The smallest absolute Gasteiger partial charge is 0.326 e. The second kappa shape index (κ2) is 9.00. The van der Waals surface area contributed by atoms with E-state index in [0.717, 1.165) is 11.4 Å². The maximum Gasteiger partial charge on any atom is 0.326 e. The van der Waals surface area contributed by atoms with Crippen molar-refractivity contribution in [2.24, 2.45) is 0 Å². The molecule has 0 fully saturated rings. The predicted molar refractivity (Wildman–Crippen MR) is 103 cm³/mol. The summed E-state index contributed by atoms with van der Waals surface area (Å²) in [5.41, 5.74) is 7.62. The first-order valence-electron chi connectivity index (χ1n) is 8.73. The van der Waals surface area contributed by atoms with Crippen LogP contribution in [0.3, 0.4) is 0 Å². The number of imidazole rings is 1. The summed E-state index contributed by atoms with van der Waals surface area (Å²) in [6.07, 6.45) is 1.49. The van der Waals surface area contributed by atoms with Crippen molar-refractivity contribution in [1.82, 2.24) is 19.5 Å². The van der Waals surface area contributed by atoms with E-state index in [0.29, 0.717) is 36.9 Å². The number of benzene rings is 1. The molecule has 1 aromatic carbocycles. The number of nitrogens with two attached hydrogens (primary N) is 1. The van der Waals surface area contributed by atoms with Gasteiger partial charge in [0.1, 0.15) is 24.4 Å². The predicted octanol–water partition coefficient (Wildman–Crippen LogP) is 1.74. The van der Waals surface area contributed by atoms with E-state index < -0.39 is 0 Å². The van der Waals surface area contributed by atoms with Crippen LogP contribution in [0.15, 0.2) is 30.6 Å². The summed E-state index contributed by atoms with van der Waals surface area (Å²) in [7, 11) is 1.62. The van der Waals surface area contributed by atoms with Crippen LogP contribution >= 0.6 is 0 Å². The Morgan fingerprint density at radius 3 is 2.71 bits per heavy atom. The summed E-state index contributed by atoms with van der Waals surface area (Å²) < 4.78 is 17.0. The van der Waals surface area contributed by atoms with Gasteiger partial charge in [-0.3, -0.25) is 4.79 Å². The van der Waals surface area contributed by atoms with Crippen molar-refractivity contribution in [1.29, 1.82) is 0 Å². The van der Waals surface area contributed by atoms with Crippen LogP contribution in [0.5, 0.6) is 5.75 Å². The first-order chi connectivity index (χ1) is 13.6. The van der Waals surface area contributed by atoms with Gasteiger partial charge in [0, 0.05) is 12.8 Å². The zero-order valence-corrected chi connectivity index (χ0v) is 15.7. The van der Waals surface area contributed by atoms with Crippen LogP contribution < -0.4 is 15.8 Å². The van der Waals surface area contributed by atoms with Gasteiger partial charge in [-0.2, -0.15) is 9.97 Å². The van der Waals surface area contributed by atoms with Crippen LogP contribution in [0, 0.1) is 0 Å². The highest BCUT2D eigenvalue weighted by molar-refractivity contribution is 5.84. The van der Waals surface area contributed by atoms with Gasteiger partial charge < -0.3 is 29.8 Å². The van der Waals surface area contributed by atoms with Gasteiger partial charge in [-0.1, -0.05) is 0 Å². The van der Waals surface area contributed by atoms with E-state index in [1.165, 1.54) is 6.33 Å². The summed E-state index contributed by atoms with van der Waals surface area (Å²) >= 11 is 0. The molecule has 0 radical (unpaired) electrons. The van der Waals surface area contributed by atoms with E-state index >= 15 is 0 Å². The molecular weight excluding hydrogens is 364 g/mol. The molecule has 28 heavy (non-hydrogen) atoms. The largest absolute Gasteiger partial charge is 0.491 e. The number of fused-ring (bicyclic) bond motifs is 1. The number of anilines is 3. The van der Waals surface area contributed by atoms with Crippen LogP contribution in [0.25, 0.3) is 11.2 Å². The van der Waals surface area contributed by atoms with E-state index in [1.807, 2.05) is 24.3 Å². The molecule has 0 atom stereocenters. The lowest BCUT2D eigenvalue weighted by atomic mass is 10.3. The molecular formula is C18H22N6O4. The van der Waals surface area contributed by atoms with Crippen molar-refractivity contribution in [2.45, 2.75) is 13.5 Å². The van der Waals surface area contributed by atoms with Crippen LogP contribution in [-0.2, 0) is 20.8 Å². The van der Waals surface area contributed by atoms with E-state index in [9.17, 15) is 4.79 Å². The summed E-state index contributed by atoms with van der Waals surface area (Å²) in [5.74, 6) is 0.863. The summed E-state index contributed by atoms with van der Waals surface area (Å²) in [4.78, 5) is 24.6. The van der Waals surface area contributed by atoms with Gasteiger partial charge in [-0.15, -0.1) is 0 Å². The Kier molecular flexibility index (Phi) is 6.22. The van der Waals surface area contributed by atoms with Gasteiger partial charge in [-0.05, 0) is 31.2 Å². The van der Waals surface area contributed by atoms with E-state index in [4.69, 9.17) is 19.9 Å². The van der Waals surface area contributed by atoms with Crippen molar-refractivity contribution < 1.29 is 19.0 Å². The standard InChI is InChI=1S/C18H22N6O4/c1-3-27-14(25)10-24-11-20-15-16(19)22-18(23-17(15)24)21-12-4-6-13(7-5-12)28-9-8-26-2/h4-7,11H,3,8-10H2,1-2H3,(H3,19,21,22,23). The molecule has 0 aliphatic rings. The third-order valence-corrected chi connectivity index (χ3v) is 3.76. The molecule has 0 aliphatic heterocycles. The van der Waals surface area contributed by atoms with Gasteiger partial charge in [0.15, 0.2) is 11.5 Å². The van der Waals surface area contributed by atoms with Crippen LogP contribution in [0.4, 0.5) is 17.5 Å². The minimum absolute atomic E-state index is 0.00621. The fourth-order valence-corrected chi connectivity index (χ4v) is 2.49. The van der Waals surface area contributed by atoms with Crippen molar-refractivity contribution >= 4 is 34.6 Å². The molecule has 10 nitrogen and oxygen atoms in total. The third-order valence-electron chi connectivity index (χ3n) is 3.76. The minimum atomic E-state index is -0.377. The lowest BCUT2D eigenvalue weighted by Gasteiger charge is -2.09. The number of carbonyl (C=O) groups is 1. The molecule has 148 valence electrons. The zero-order chi connectivity index (χ0) is 19.9. The Hall–Kier alpha value is -3.40. The normalized spacial score (nSPS) is 10.8. The highest BCUT2D eigenvalue weighted by Crippen LogP contribution is 2.22. The van der Waals surface area contributed by atoms with Gasteiger partial charge in [0.25, 0.3) is 0 Å². The number of carbonyl (C=O) groups excluding carboxylic acids is 1. The molecule has 3 aromatic rings. The molecule has 2 aromatic heterocycles. The van der Waals surface area contributed by atoms with E-state index in [2.05, 4.69) is 20.3 Å². The maximum atomic E-state index is 11.8. The van der Waals surface area contributed by atoms with Gasteiger partial charge in [0.2, 0.25) is 5.95 Å². The third kappa shape index (κ3) is 4.65. The number of hydrogen-bond donors (Lipinski definition) is 2. The van der Waals surface area contributed by atoms with Gasteiger partial charge >= 0.3 is 5.97 Å². The summed E-state index contributed by atoms with van der Waals surface area (Å²) in [5, 5.41) is 3.09. The molecule has 2 heterocycles. The lowest BCUT2D eigenvalue weighted by Crippen LogP contribution is -2.13. The second-order valence-corrected chi connectivity index (χ2v) is 5.77. The van der Waals surface area contributed by atoms with Crippen molar-refractivity contribution in [3.05, 3.63) is 30.6 Å². The minimum Gasteiger partial charge on any atom is -0.491 e. The van der Waals surface area contributed by atoms with Crippen molar-refractivity contribution in [3.8, 4) is 5.75 Å². The molecule has 0 spiro atoms. The van der Waals surface area contributed by atoms with Crippen LogP contribution in [0.1, 0.15) is 6.92 Å². The number of methoxy groups -OCH3 is 1. The SMILES string of the molecule is CCOC(=O)Cn1cnc2c(N)nc(Nc3ccc(OCCOC)cc3)nc21. The Morgan fingerprint density at radius 1 is 1.21 bits per heavy atom. The van der Waals surface area contributed by atoms with Gasteiger partial charge in [0.05, 0.1) is 19.5 Å². The average Bonchev–Trinajstić information content (AvgIpc) is 3.07. The number of nitrogens with zero attached hydrogens (tertiary/aromatic N) is 4. The van der Waals surface area contributed by atoms with E-state index in [1.54, 1.807) is 18.6 Å². The molecule has 0 bridgehead atoms.